The van der Waals surface area contributed by atoms with Crippen molar-refractivity contribution in [3.8, 4) is 44.5 Å². The lowest BCUT2D eigenvalue weighted by molar-refractivity contribution is 0.124. The molecule has 12 aromatic rings. The lowest BCUT2D eigenvalue weighted by Crippen LogP contribution is -2.44. The average Bonchev–Trinajstić information content (AvgIpc) is 1.55. The second-order valence-corrected chi connectivity index (χ2v) is 38.0. The van der Waals surface area contributed by atoms with Crippen LogP contribution in [0, 0.1) is 70.6 Å². The zero-order chi connectivity index (χ0) is 94.0. The zero-order valence-corrected chi connectivity index (χ0v) is 78.1. The van der Waals surface area contributed by atoms with Crippen LogP contribution in [0.25, 0.3) is 68.8 Å². The molecule has 4 saturated carbocycles. The molecule has 8 aromatic heterocycles. The molecule has 0 unspecified atom stereocenters. The number of thiazole rings is 2. The average molecular weight is 1880 g/mol. The number of carbonyl (C=O) groups is 4. The zero-order valence-electron chi connectivity index (χ0n) is 76.5. The van der Waals surface area contributed by atoms with Gasteiger partial charge < -0.3 is 49.3 Å². The number of halogens is 4. The Balaban J connectivity index is 0.000000126. The second kappa shape index (κ2) is 45.1. The number of benzene rings is 4. The van der Waals surface area contributed by atoms with Gasteiger partial charge in [0.25, 0.3) is 0 Å². The number of aromatic nitrogens is 8. The summed E-state index contributed by atoms with van der Waals surface area (Å²) in [7, 11) is 0. The molecule has 0 aliphatic heterocycles. The third kappa shape index (κ3) is 23.7. The van der Waals surface area contributed by atoms with E-state index in [-0.39, 0.29) is 89.6 Å². The maximum Gasteiger partial charge on any atom is 0.407 e. The highest BCUT2D eigenvalue weighted by Gasteiger charge is 2.46. The topological polar surface area (TPSA) is 283 Å². The fraction of sp³-hybridized carbons (Fsp3) is 0.370. The first-order valence-electron chi connectivity index (χ1n) is 47.5. The molecule has 4 fully saturated rings. The van der Waals surface area contributed by atoms with Crippen molar-refractivity contribution >= 4 is 71.4 Å². The van der Waals surface area contributed by atoms with Gasteiger partial charge in [-0.25, -0.2) is 46.7 Å². The number of nitrogens with zero attached hydrogens (tertiary/aromatic N) is 8. The highest BCUT2D eigenvalue weighted by Crippen LogP contribution is 2.53. The lowest BCUT2D eigenvalue weighted by atomic mass is 9.64. The molecule has 28 heteroatoms. The fourth-order valence-electron chi connectivity index (χ4n) is 21.6. The molecule has 4 aromatic carbocycles. The Morgan fingerprint density at radius 1 is 0.375 bits per heavy atom. The molecule has 0 spiro atoms. The fourth-order valence-corrected chi connectivity index (χ4v) is 23.5. The van der Waals surface area contributed by atoms with E-state index in [0.717, 1.165) is 193 Å². The van der Waals surface area contributed by atoms with Crippen LogP contribution in [-0.4, -0.2) is 115 Å². The predicted molar refractivity (Wildman–Crippen MR) is 517 cm³/mol. The molecular formula is C108H112F4N12O10S2. The first-order valence-corrected chi connectivity index (χ1v) is 49.2. The largest absolute Gasteiger partial charge is 0.450 e. The first kappa shape index (κ1) is 94.7. The molecule has 0 saturated heterocycles. The summed E-state index contributed by atoms with van der Waals surface area (Å²) in [5.41, 5.74) is 18.8. The van der Waals surface area contributed by atoms with Gasteiger partial charge in [-0.2, -0.15) is 0 Å². The van der Waals surface area contributed by atoms with Gasteiger partial charge in [-0.3, -0.25) is 19.9 Å². The maximum atomic E-state index is 13.5. The van der Waals surface area contributed by atoms with Crippen molar-refractivity contribution in [2.75, 3.05) is 26.4 Å². The summed E-state index contributed by atoms with van der Waals surface area (Å²) < 4.78 is 85.7. The van der Waals surface area contributed by atoms with Crippen LogP contribution in [0.15, 0.2) is 227 Å². The Kier molecular flexibility index (Phi) is 31.4. The van der Waals surface area contributed by atoms with Gasteiger partial charge in [0.05, 0.1) is 84.0 Å². The number of fused-ring (bicyclic) bond motifs is 8. The van der Waals surface area contributed by atoms with Crippen molar-refractivity contribution < 1.29 is 64.7 Å². The lowest BCUT2D eigenvalue weighted by Gasteiger charge is -2.42. The third-order valence-corrected chi connectivity index (χ3v) is 29.7. The van der Waals surface area contributed by atoms with E-state index in [1.807, 2.05) is 136 Å². The summed E-state index contributed by atoms with van der Waals surface area (Å²) in [6.45, 7) is 8.78. The smallest absolute Gasteiger partial charge is 0.407 e. The van der Waals surface area contributed by atoms with E-state index in [1.165, 1.54) is 69.7 Å². The molecule has 0 bridgehead atoms. The molecule has 8 heterocycles. The summed E-state index contributed by atoms with van der Waals surface area (Å²) in [6, 6.07) is 42.4. The van der Waals surface area contributed by atoms with Crippen molar-refractivity contribution in [2.45, 2.75) is 178 Å². The number of carbonyl (C=O) groups excluding carboxylic acids is 4. The Hall–Kier alpha value is -13.1. The number of allylic oxidation sites excluding steroid dienone is 4. The molecule has 136 heavy (non-hydrogen) atoms. The minimum atomic E-state index is -0.341. The Labute approximate surface area is 797 Å². The van der Waals surface area contributed by atoms with Gasteiger partial charge >= 0.3 is 24.4 Å². The number of amides is 4. The van der Waals surface area contributed by atoms with Crippen molar-refractivity contribution in [1.82, 2.24) is 61.5 Å². The van der Waals surface area contributed by atoms with Crippen molar-refractivity contribution in [3.05, 3.63) is 308 Å². The number of pyridine rings is 4. The van der Waals surface area contributed by atoms with Crippen molar-refractivity contribution in [3.63, 3.8) is 0 Å². The number of hydrogen-bond donors (Lipinski definition) is 4. The van der Waals surface area contributed by atoms with Gasteiger partial charge in [0.15, 0.2) is 0 Å². The van der Waals surface area contributed by atoms with Crippen molar-refractivity contribution in [1.29, 1.82) is 0 Å². The van der Waals surface area contributed by atoms with E-state index >= 15 is 0 Å². The quantitative estimate of drug-likeness (QED) is 0.0407. The summed E-state index contributed by atoms with van der Waals surface area (Å²) >= 11 is 3.46. The van der Waals surface area contributed by atoms with Crippen LogP contribution < -0.4 is 21.3 Å². The molecular weight excluding hydrogens is 1770 g/mol. The standard InChI is InChI=1S/2C27H28FN3O3.2C27H28FN3O2S/c1-2-33-27(32)31-23-9-10-24-19(14-23)12-20-16-30-34-26(20)25(24)11-8-22-7-6-18(15-29-22)17-4-3-5-21(28)13-17;1-2-33-27(32)31-22-9-10-23-19(13-22)14-26-25(16-30-34-26)24(23)11-8-21-7-6-18(15-29-21)17-4-3-5-20(28)12-17;1-2-33-27(32)31-22-9-10-23-19(13-22)14-25-26(30-16-34-25)24(23)11-8-21-7-6-18(15-29-21)17-4-3-5-20(28)12-17;1-2-33-27(32)31-22-9-10-23-19(13-22)14-25-26(34-16-30-25)24(23)11-8-21-7-6-18(15-29-21)17-4-3-5-20(28)12-17/h3-8,11,13,15-16,19,23-25H,2,9-10,12,14H2,1H3,(H,31,32);3*3-8,11-12,15-16,19,22-24H,2,9-10,13-14H2,1H3,(H,31,32)/b4*11-8+/t19-,23-,24-,25+;3*19-,22+,23+,24-/m1000/s1. The highest BCUT2D eigenvalue weighted by molar-refractivity contribution is 7.10. The molecule has 16 atom stereocenters. The number of ether oxygens (including phenoxy) is 4. The second-order valence-electron chi connectivity index (χ2n) is 36.2. The molecule has 8 aliphatic carbocycles. The normalized spacial score (nSPS) is 23.8. The summed E-state index contributed by atoms with van der Waals surface area (Å²) in [5.74, 6) is 5.42. The first-order chi connectivity index (χ1) is 66.4. The van der Waals surface area contributed by atoms with Crippen LogP contribution in [-0.2, 0) is 44.6 Å². The minimum Gasteiger partial charge on any atom is -0.450 e. The predicted octanol–water partition coefficient (Wildman–Crippen LogP) is 24.0. The molecule has 4 amide bonds. The molecule has 4 N–H and O–H groups in total. The van der Waals surface area contributed by atoms with E-state index in [4.69, 9.17) is 33.0 Å². The van der Waals surface area contributed by atoms with E-state index < -0.39 is 0 Å². The number of rotatable bonds is 20. The highest BCUT2D eigenvalue weighted by atomic mass is 32.1. The summed E-state index contributed by atoms with van der Waals surface area (Å²) in [4.78, 5) is 78.0. The summed E-state index contributed by atoms with van der Waals surface area (Å²) in [6.07, 6.45) is 41.9. The monoisotopic (exact) mass is 1880 g/mol. The van der Waals surface area contributed by atoms with Gasteiger partial charge in [-0.1, -0.05) is 107 Å². The van der Waals surface area contributed by atoms with Gasteiger partial charge in [-0.15, -0.1) is 22.7 Å². The van der Waals surface area contributed by atoms with Crippen LogP contribution in [0.1, 0.15) is 195 Å². The maximum absolute atomic E-state index is 13.5. The molecule has 22 nitrogen and oxygen atoms in total. The SMILES string of the molecule is CCOC(=O)N[C@@H]1CC[C@@H]2[C@H](Cc3cnoc3[C@H]2/C=C/c2ccc(-c3cccc(F)c3)cn2)C1.CCOC(=O)N[C@@H]1CC[C@@H]2[C@H](Cc3ncsc3[C@H]2/C=C/c2ccc(-c3cccc(F)c3)cn2)C1.CCOC(=O)N[C@@H]1CC[C@@H]2[C@H](Cc3oncc3[C@H]2/C=C/c2ccc(-c3cccc(F)c3)cn2)C1.CCOC(=O)N[C@@H]1CC[C@@H]2[C@H](Cc3scnc3[C@H]2/C=C/c2ccc(-c3cccc(F)c3)cn2)C1. The molecule has 20 rings (SSSR count). The number of nitrogens with one attached hydrogen (secondary N) is 4. The van der Waals surface area contributed by atoms with E-state index in [9.17, 15) is 36.7 Å². The van der Waals surface area contributed by atoms with E-state index in [1.54, 1.807) is 71.7 Å². The van der Waals surface area contributed by atoms with Crippen LogP contribution in [0.4, 0.5) is 36.7 Å². The Morgan fingerprint density at radius 2 is 0.743 bits per heavy atom. The minimum absolute atomic E-state index is 0.115. The van der Waals surface area contributed by atoms with Gasteiger partial charge in [0.2, 0.25) is 0 Å². The number of hydrogen-bond acceptors (Lipinski definition) is 20. The summed E-state index contributed by atoms with van der Waals surface area (Å²) in [5, 5.41) is 20.2. The van der Waals surface area contributed by atoms with Gasteiger partial charge in [0, 0.05) is 122 Å². The Bertz CT molecular complexity index is 5440. The Morgan fingerprint density at radius 3 is 1.16 bits per heavy atom. The van der Waals surface area contributed by atoms with Crippen LogP contribution in [0.2, 0.25) is 0 Å². The number of alkyl carbamates (subject to hydrolysis) is 4. The molecule has 8 aliphatic rings. The molecule has 0 radical (unpaired) electrons. The van der Waals surface area contributed by atoms with Crippen LogP contribution in [0.5, 0.6) is 0 Å². The van der Waals surface area contributed by atoms with Crippen LogP contribution >= 0.6 is 22.7 Å². The van der Waals surface area contributed by atoms with Gasteiger partial charge in [0.1, 0.15) is 34.8 Å². The van der Waals surface area contributed by atoms with Crippen LogP contribution in [0.3, 0.4) is 0 Å². The van der Waals surface area contributed by atoms with Crippen molar-refractivity contribution in [2.24, 2.45) is 47.3 Å². The van der Waals surface area contributed by atoms with E-state index in [0.29, 0.717) is 79.7 Å². The van der Waals surface area contributed by atoms with Gasteiger partial charge in [-0.05, 0) is 291 Å². The third-order valence-electron chi connectivity index (χ3n) is 27.9. The van der Waals surface area contributed by atoms with E-state index in [2.05, 4.69) is 93.0 Å². The molecule has 704 valence electrons.